The zero-order chi connectivity index (χ0) is 17.4. The summed E-state index contributed by atoms with van der Waals surface area (Å²) in [6, 6.07) is 20.6. The Balaban J connectivity index is 2.03. The topological polar surface area (TPSA) is 29.1 Å². The van der Waals surface area contributed by atoms with Gasteiger partial charge in [-0.3, -0.25) is 4.79 Å². The standard InChI is InChI=1S/C21H13Cl2NO/c22-14-5-3-4-13(10-14)11-18-16-6-1-2-7-17(16)21(25)24-20-9-8-15(23)12-19(18)20/h1-12H,(H,24,25)/b18-11+. The summed E-state index contributed by atoms with van der Waals surface area (Å²) >= 11 is 12.4. The molecule has 0 saturated carbocycles. The van der Waals surface area contributed by atoms with E-state index >= 15 is 0 Å². The van der Waals surface area contributed by atoms with Crippen molar-refractivity contribution in [2.45, 2.75) is 0 Å². The van der Waals surface area contributed by atoms with E-state index in [9.17, 15) is 4.79 Å². The van der Waals surface area contributed by atoms with Gasteiger partial charge in [0.15, 0.2) is 0 Å². The number of halogens is 2. The van der Waals surface area contributed by atoms with Crippen molar-refractivity contribution in [1.29, 1.82) is 0 Å². The Morgan fingerprint density at radius 1 is 0.760 bits per heavy atom. The molecule has 1 aliphatic heterocycles. The van der Waals surface area contributed by atoms with E-state index in [2.05, 4.69) is 5.32 Å². The van der Waals surface area contributed by atoms with Crippen molar-refractivity contribution in [3.63, 3.8) is 0 Å². The molecule has 4 heteroatoms. The van der Waals surface area contributed by atoms with Gasteiger partial charge in [-0.1, -0.05) is 53.5 Å². The fraction of sp³-hybridized carbons (Fsp3) is 0. The van der Waals surface area contributed by atoms with Crippen LogP contribution in [0, 0.1) is 0 Å². The number of hydrogen-bond donors (Lipinski definition) is 1. The Morgan fingerprint density at radius 2 is 1.52 bits per heavy atom. The quantitative estimate of drug-likeness (QED) is 0.550. The van der Waals surface area contributed by atoms with Gasteiger partial charge in [-0.15, -0.1) is 0 Å². The first kappa shape index (κ1) is 15.9. The van der Waals surface area contributed by atoms with E-state index in [4.69, 9.17) is 23.2 Å². The second-order valence-corrected chi connectivity index (χ2v) is 6.68. The third kappa shape index (κ3) is 3.07. The van der Waals surface area contributed by atoms with Gasteiger partial charge >= 0.3 is 0 Å². The molecule has 1 amide bonds. The van der Waals surface area contributed by atoms with E-state index in [1.165, 1.54) is 0 Å². The highest BCUT2D eigenvalue weighted by atomic mass is 35.5. The summed E-state index contributed by atoms with van der Waals surface area (Å²) < 4.78 is 0. The normalized spacial score (nSPS) is 14.5. The van der Waals surface area contributed by atoms with Gasteiger partial charge in [0.2, 0.25) is 0 Å². The molecule has 3 aromatic carbocycles. The first-order chi connectivity index (χ1) is 12.1. The van der Waals surface area contributed by atoms with Gasteiger partial charge in [-0.25, -0.2) is 0 Å². The summed E-state index contributed by atoms with van der Waals surface area (Å²) in [5, 5.41) is 4.25. The lowest BCUT2D eigenvalue weighted by atomic mass is 9.92. The molecule has 3 aromatic rings. The maximum absolute atomic E-state index is 12.6. The number of rotatable bonds is 1. The van der Waals surface area contributed by atoms with Crippen LogP contribution in [0.5, 0.6) is 0 Å². The molecule has 1 N–H and O–H groups in total. The highest BCUT2D eigenvalue weighted by Crippen LogP contribution is 2.37. The fourth-order valence-corrected chi connectivity index (χ4v) is 3.39. The van der Waals surface area contributed by atoms with Crippen LogP contribution >= 0.6 is 23.2 Å². The number of carbonyl (C=O) groups is 1. The number of carbonyl (C=O) groups excluding carboxylic acids is 1. The molecule has 0 spiro atoms. The smallest absolute Gasteiger partial charge is 0.256 e. The van der Waals surface area contributed by atoms with Crippen LogP contribution in [-0.2, 0) is 0 Å². The van der Waals surface area contributed by atoms with Crippen molar-refractivity contribution < 1.29 is 4.79 Å². The molecular weight excluding hydrogens is 353 g/mol. The largest absolute Gasteiger partial charge is 0.321 e. The van der Waals surface area contributed by atoms with Crippen LogP contribution in [-0.4, -0.2) is 5.91 Å². The van der Waals surface area contributed by atoms with E-state index in [0.717, 1.165) is 28.0 Å². The molecule has 0 radical (unpaired) electrons. The molecule has 1 aliphatic rings. The predicted molar refractivity (Wildman–Crippen MR) is 104 cm³/mol. The summed E-state index contributed by atoms with van der Waals surface area (Å²) in [5.74, 6) is -0.131. The Labute approximate surface area is 155 Å². The lowest BCUT2D eigenvalue weighted by molar-refractivity contribution is 0.102. The van der Waals surface area contributed by atoms with E-state index in [0.29, 0.717) is 15.6 Å². The molecule has 4 rings (SSSR count). The number of fused-ring (bicyclic) bond motifs is 2. The highest BCUT2D eigenvalue weighted by Gasteiger charge is 2.23. The molecule has 0 aliphatic carbocycles. The molecule has 0 unspecified atom stereocenters. The van der Waals surface area contributed by atoms with E-state index in [-0.39, 0.29) is 5.91 Å². The minimum atomic E-state index is -0.131. The molecule has 2 nitrogen and oxygen atoms in total. The van der Waals surface area contributed by atoms with E-state index in [1.807, 2.05) is 66.7 Å². The number of nitrogens with one attached hydrogen (secondary N) is 1. The molecule has 0 bridgehead atoms. The molecule has 25 heavy (non-hydrogen) atoms. The van der Waals surface area contributed by atoms with Crippen molar-refractivity contribution in [1.82, 2.24) is 0 Å². The Bertz CT molecular complexity index is 1020. The van der Waals surface area contributed by atoms with Crippen molar-refractivity contribution in [2.75, 3.05) is 5.32 Å². The van der Waals surface area contributed by atoms with Crippen LogP contribution in [0.15, 0.2) is 66.7 Å². The summed E-state index contributed by atoms with van der Waals surface area (Å²) in [4.78, 5) is 12.6. The average Bonchev–Trinajstić information content (AvgIpc) is 2.71. The SMILES string of the molecule is O=C1Nc2ccc(Cl)cc2/C(=C/c2cccc(Cl)c2)c2ccccc21. The number of anilines is 1. The van der Waals surface area contributed by atoms with Gasteiger partial charge < -0.3 is 5.32 Å². The minimum absolute atomic E-state index is 0.131. The Hall–Kier alpha value is -2.55. The monoisotopic (exact) mass is 365 g/mol. The second-order valence-electron chi connectivity index (χ2n) is 5.80. The van der Waals surface area contributed by atoms with Crippen molar-refractivity contribution in [2.24, 2.45) is 0 Å². The molecule has 0 saturated heterocycles. The molecule has 1 heterocycles. The van der Waals surface area contributed by atoms with Crippen molar-refractivity contribution >= 4 is 46.4 Å². The molecule has 122 valence electrons. The van der Waals surface area contributed by atoms with Crippen LogP contribution in [0.2, 0.25) is 10.0 Å². The predicted octanol–water partition coefficient (Wildman–Crippen LogP) is 6.15. The maximum Gasteiger partial charge on any atom is 0.256 e. The van der Waals surface area contributed by atoms with Crippen molar-refractivity contribution in [3.05, 3.63) is 99.0 Å². The fourth-order valence-electron chi connectivity index (χ4n) is 3.02. The number of benzene rings is 3. The number of amides is 1. The third-order valence-electron chi connectivity index (χ3n) is 4.14. The van der Waals surface area contributed by atoms with E-state index in [1.54, 1.807) is 6.07 Å². The van der Waals surface area contributed by atoms with Gasteiger partial charge in [0.25, 0.3) is 5.91 Å². The van der Waals surface area contributed by atoms with Crippen LogP contribution in [0.3, 0.4) is 0 Å². The molecular formula is C21H13Cl2NO. The first-order valence-electron chi connectivity index (χ1n) is 7.80. The van der Waals surface area contributed by atoms with Gasteiger partial charge in [0.05, 0.1) is 0 Å². The van der Waals surface area contributed by atoms with Crippen LogP contribution in [0.25, 0.3) is 11.6 Å². The maximum atomic E-state index is 12.6. The summed E-state index contributed by atoms with van der Waals surface area (Å²) in [6.45, 7) is 0. The Kier molecular flexibility index (Phi) is 4.08. The highest BCUT2D eigenvalue weighted by molar-refractivity contribution is 6.31. The lowest BCUT2D eigenvalue weighted by Gasteiger charge is -2.11. The lowest BCUT2D eigenvalue weighted by Crippen LogP contribution is -2.11. The summed E-state index contributed by atoms with van der Waals surface area (Å²) in [6.07, 6.45) is 2.03. The van der Waals surface area contributed by atoms with Crippen LogP contribution in [0.1, 0.15) is 27.0 Å². The van der Waals surface area contributed by atoms with Gasteiger partial charge in [0, 0.05) is 26.9 Å². The molecule has 0 atom stereocenters. The van der Waals surface area contributed by atoms with Gasteiger partial charge in [-0.2, -0.15) is 0 Å². The summed E-state index contributed by atoms with van der Waals surface area (Å²) in [5.41, 5.74) is 4.99. The molecule has 0 aromatic heterocycles. The van der Waals surface area contributed by atoms with E-state index < -0.39 is 0 Å². The zero-order valence-electron chi connectivity index (χ0n) is 13.1. The Morgan fingerprint density at radius 3 is 2.32 bits per heavy atom. The minimum Gasteiger partial charge on any atom is -0.321 e. The van der Waals surface area contributed by atoms with Gasteiger partial charge in [0.1, 0.15) is 0 Å². The average molecular weight is 366 g/mol. The van der Waals surface area contributed by atoms with Crippen LogP contribution in [0.4, 0.5) is 5.69 Å². The first-order valence-corrected chi connectivity index (χ1v) is 8.55. The molecule has 0 fully saturated rings. The van der Waals surface area contributed by atoms with Crippen LogP contribution < -0.4 is 5.32 Å². The second kappa shape index (κ2) is 6.40. The van der Waals surface area contributed by atoms with Gasteiger partial charge in [-0.05, 0) is 59.2 Å². The number of hydrogen-bond acceptors (Lipinski definition) is 1. The third-order valence-corrected chi connectivity index (χ3v) is 4.61. The summed E-state index contributed by atoms with van der Waals surface area (Å²) in [7, 11) is 0. The van der Waals surface area contributed by atoms with Crippen molar-refractivity contribution in [3.8, 4) is 0 Å². The zero-order valence-corrected chi connectivity index (χ0v) is 14.6.